The van der Waals surface area contributed by atoms with Gasteiger partial charge in [0.05, 0.1) is 12.5 Å². The first-order chi connectivity index (χ1) is 12.2. The summed E-state index contributed by atoms with van der Waals surface area (Å²) in [6.45, 7) is 8.62. The van der Waals surface area contributed by atoms with Gasteiger partial charge in [-0.25, -0.2) is 4.98 Å². The van der Waals surface area contributed by atoms with Crippen molar-refractivity contribution in [3.63, 3.8) is 0 Å². The molecule has 1 unspecified atom stereocenters. The Morgan fingerprint density at radius 2 is 1.84 bits per heavy atom. The number of amides is 1. The average Bonchev–Trinajstić information content (AvgIpc) is 3.34. The zero-order valence-electron chi connectivity index (χ0n) is 15.0. The van der Waals surface area contributed by atoms with Gasteiger partial charge in [-0.2, -0.15) is 4.98 Å². The third-order valence-corrected chi connectivity index (χ3v) is 5.41. The monoisotopic (exact) mass is 345 g/mol. The number of aromatic nitrogens is 2. The first kappa shape index (κ1) is 16.6. The van der Waals surface area contributed by atoms with Crippen molar-refractivity contribution in [2.75, 3.05) is 62.3 Å². The lowest BCUT2D eigenvalue weighted by molar-refractivity contribution is -0.135. The van der Waals surface area contributed by atoms with Crippen molar-refractivity contribution in [3.05, 3.63) is 11.8 Å². The number of anilines is 2. The topological polar surface area (TPSA) is 61.8 Å². The highest BCUT2D eigenvalue weighted by atomic mass is 16.5. The fourth-order valence-electron chi connectivity index (χ4n) is 3.90. The molecule has 7 heteroatoms. The second-order valence-electron chi connectivity index (χ2n) is 7.23. The van der Waals surface area contributed by atoms with Crippen molar-refractivity contribution in [2.45, 2.75) is 26.2 Å². The summed E-state index contributed by atoms with van der Waals surface area (Å²) < 4.78 is 5.36. The molecule has 0 saturated carbocycles. The van der Waals surface area contributed by atoms with Crippen molar-refractivity contribution < 1.29 is 9.53 Å². The van der Waals surface area contributed by atoms with Gasteiger partial charge in [-0.05, 0) is 26.2 Å². The molecule has 3 aliphatic rings. The zero-order valence-corrected chi connectivity index (χ0v) is 15.0. The second-order valence-corrected chi connectivity index (χ2v) is 7.23. The fourth-order valence-corrected chi connectivity index (χ4v) is 3.90. The van der Waals surface area contributed by atoms with Crippen LogP contribution in [-0.4, -0.2) is 73.3 Å². The summed E-state index contributed by atoms with van der Waals surface area (Å²) >= 11 is 0. The van der Waals surface area contributed by atoms with Crippen LogP contribution in [0.15, 0.2) is 6.07 Å². The molecule has 1 aromatic heterocycles. The Morgan fingerprint density at radius 3 is 2.52 bits per heavy atom. The van der Waals surface area contributed by atoms with Gasteiger partial charge < -0.3 is 19.4 Å². The van der Waals surface area contributed by atoms with Crippen LogP contribution in [0.5, 0.6) is 0 Å². The number of hydrogen-bond acceptors (Lipinski definition) is 6. The van der Waals surface area contributed by atoms with Gasteiger partial charge in [-0.3, -0.25) is 4.79 Å². The van der Waals surface area contributed by atoms with Crippen LogP contribution in [0, 0.1) is 12.8 Å². The van der Waals surface area contributed by atoms with Gasteiger partial charge >= 0.3 is 0 Å². The first-order valence-electron chi connectivity index (χ1n) is 9.43. The maximum absolute atomic E-state index is 12.5. The lowest BCUT2D eigenvalue weighted by Crippen LogP contribution is -2.50. The molecule has 7 nitrogen and oxygen atoms in total. The van der Waals surface area contributed by atoms with Gasteiger partial charge in [0, 0.05) is 57.6 Å². The van der Waals surface area contributed by atoms with Crippen LogP contribution < -0.4 is 9.80 Å². The lowest BCUT2D eigenvalue weighted by atomic mass is 10.1. The van der Waals surface area contributed by atoms with Crippen LogP contribution in [0.2, 0.25) is 0 Å². The molecule has 0 spiro atoms. The fraction of sp³-hybridized carbons (Fsp3) is 0.722. The minimum atomic E-state index is 0.0645. The highest BCUT2D eigenvalue weighted by Crippen LogP contribution is 2.23. The molecule has 0 aliphatic carbocycles. The number of hydrogen-bond donors (Lipinski definition) is 0. The van der Waals surface area contributed by atoms with E-state index in [4.69, 9.17) is 9.72 Å². The van der Waals surface area contributed by atoms with E-state index < -0.39 is 0 Å². The van der Waals surface area contributed by atoms with Crippen LogP contribution in [0.4, 0.5) is 11.8 Å². The molecule has 0 radical (unpaired) electrons. The van der Waals surface area contributed by atoms with E-state index in [9.17, 15) is 4.79 Å². The maximum atomic E-state index is 12.5. The van der Waals surface area contributed by atoms with Crippen LogP contribution in [0.3, 0.4) is 0 Å². The van der Waals surface area contributed by atoms with Gasteiger partial charge in [-0.1, -0.05) is 0 Å². The Hall–Kier alpha value is -1.89. The van der Waals surface area contributed by atoms with Crippen LogP contribution in [-0.2, 0) is 9.53 Å². The van der Waals surface area contributed by atoms with E-state index in [1.807, 2.05) is 11.8 Å². The van der Waals surface area contributed by atoms with Gasteiger partial charge in [0.15, 0.2) is 0 Å². The number of nitrogens with zero attached hydrogens (tertiary/aromatic N) is 5. The molecule has 1 atom stereocenters. The highest BCUT2D eigenvalue weighted by molar-refractivity contribution is 5.79. The van der Waals surface area contributed by atoms with Crippen LogP contribution in [0.25, 0.3) is 0 Å². The standard InChI is InChI=1S/C18H27N5O2/c1-14-12-16(20-18(19-14)23-5-2-3-6-23)21-7-9-22(10-8-21)17(24)15-4-11-25-13-15/h12,15H,2-11,13H2,1H3. The van der Waals surface area contributed by atoms with Gasteiger partial charge in [0.25, 0.3) is 0 Å². The summed E-state index contributed by atoms with van der Waals surface area (Å²) in [5, 5.41) is 0. The van der Waals surface area contributed by atoms with E-state index in [1.54, 1.807) is 0 Å². The molecule has 136 valence electrons. The highest BCUT2D eigenvalue weighted by Gasteiger charge is 2.30. The minimum absolute atomic E-state index is 0.0645. The number of carbonyl (C=O) groups is 1. The minimum Gasteiger partial charge on any atom is -0.381 e. The molecular weight excluding hydrogens is 318 g/mol. The molecule has 25 heavy (non-hydrogen) atoms. The second kappa shape index (κ2) is 7.15. The van der Waals surface area contributed by atoms with E-state index in [0.29, 0.717) is 6.61 Å². The summed E-state index contributed by atoms with van der Waals surface area (Å²) in [5.74, 6) is 2.17. The number of carbonyl (C=O) groups excluding carboxylic acids is 1. The van der Waals surface area contributed by atoms with Gasteiger partial charge in [0.2, 0.25) is 11.9 Å². The zero-order chi connectivity index (χ0) is 17.2. The maximum Gasteiger partial charge on any atom is 0.228 e. The third-order valence-electron chi connectivity index (χ3n) is 5.41. The summed E-state index contributed by atoms with van der Waals surface area (Å²) in [6, 6.07) is 2.06. The van der Waals surface area contributed by atoms with Crippen molar-refractivity contribution in [1.29, 1.82) is 0 Å². The largest absolute Gasteiger partial charge is 0.381 e. The number of piperazine rings is 1. The summed E-state index contributed by atoms with van der Waals surface area (Å²) in [6.07, 6.45) is 3.31. The van der Waals surface area contributed by atoms with E-state index in [2.05, 4.69) is 20.9 Å². The lowest BCUT2D eigenvalue weighted by Gasteiger charge is -2.36. The molecule has 3 saturated heterocycles. The Balaban J connectivity index is 1.41. The molecular formula is C18H27N5O2. The van der Waals surface area contributed by atoms with Crippen molar-refractivity contribution in [1.82, 2.24) is 14.9 Å². The quantitative estimate of drug-likeness (QED) is 0.817. The summed E-state index contributed by atoms with van der Waals surface area (Å²) in [4.78, 5) is 28.5. The summed E-state index contributed by atoms with van der Waals surface area (Å²) in [7, 11) is 0. The van der Waals surface area contributed by atoms with Crippen molar-refractivity contribution >= 4 is 17.7 Å². The average molecular weight is 345 g/mol. The van der Waals surface area contributed by atoms with Gasteiger partial charge in [0.1, 0.15) is 5.82 Å². The van der Waals surface area contributed by atoms with E-state index in [0.717, 1.165) is 69.8 Å². The Kier molecular flexibility index (Phi) is 4.74. The molecule has 1 aromatic rings. The Labute approximate surface area is 149 Å². The molecule has 3 fully saturated rings. The predicted molar refractivity (Wildman–Crippen MR) is 95.9 cm³/mol. The van der Waals surface area contributed by atoms with E-state index in [1.165, 1.54) is 12.8 Å². The number of ether oxygens (including phenoxy) is 1. The molecule has 4 heterocycles. The van der Waals surface area contributed by atoms with Crippen molar-refractivity contribution in [2.24, 2.45) is 5.92 Å². The molecule has 1 amide bonds. The van der Waals surface area contributed by atoms with Gasteiger partial charge in [-0.15, -0.1) is 0 Å². The summed E-state index contributed by atoms with van der Waals surface area (Å²) in [5.41, 5.74) is 1.01. The van der Waals surface area contributed by atoms with Crippen LogP contribution in [0.1, 0.15) is 25.0 Å². The first-order valence-corrected chi connectivity index (χ1v) is 9.43. The number of aryl methyl sites for hydroxylation is 1. The molecule has 3 aliphatic heterocycles. The normalized spacial score (nSPS) is 24.2. The van der Waals surface area contributed by atoms with Crippen LogP contribution >= 0.6 is 0 Å². The number of rotatable bonds is 3. The third kappa shape index (κ3) is 3.56. The smallest absolute Gasteiger partial charge is 0.228 e. The van der Waals surface area contributed by atoms with E-state index >= 15 is 0 Å². The SMILES string of the molecule is Cc1cc(N2CCN(C(=O)C3CCOC3)CC2)nc(N2CCCC2)n1. The van der Waals surface area contributed by atoms with E-state index in [-0.39, 0.29) is 11.8 Å². The molecule has 0 aromatic carbocycles. The Morgan fingerprint density at radius 1 is 1.08 bits per heavy atom. The molecule has 4 rings (SSSR count). The predicted octanol–water partition coefficient (Wildman–Crippen LogP) is 1.07. The van der Waals surface area contributed by atoms with Crippen molar-refractivity contribution in [3.8, 4) is 0 Å². The Bertz CT molecular complexity index is 618. The molecule has 0 bridgehead atoms. The molecule has 0 N–H and O–H groups in total.